The zero-order valence-corrected chi connectivity index (χ0v) is 9.90. The Bertz CT molecular complexity index is 546. The van der Waals surface area contributed by atoms with Gasteiger partial charge in [0.05, 0.1) is 23.1 Å². The van der Waals surface area contributed by atoms with Gasteiger partial charge < -0.3 is 5.32 Å². The van der Waals surface area contributed by atoms with E-state index in [0.29, 0.717) is 5.56 Å². The molecule has 1 aromatic heterocycles. The van der Waals surface area contributed by atoms with E-state index < -0.39 is 0 Å². The molecule has 0 unspecified atom stereocenters. The Morgan fingerprint density at radius 3 is 2.81 bits per heavy atom. The lowest BCUT2D eigenvalue weighted by Crippen LogP contribution is -1.93. The molecule has 4 heteroatoms. The number of anilines is 2. The Balaban J connectivity index is 2.31. The van der Waals surface area contributed by atoms with Gasteiger partial charge in [-0.15, -0.1) is 0 Å². The first-order valence-corrected chi connectivity index (χ1v) is 5.45. The summed E-state index contributed by atoms with van der Waals surface area (Å²) in [5.41, 5.74) is 2.24. The van der Waals surface area contributed by atoms with Crippen molar-refractivity contribution >= 4 is 27.3 Å². The molecular weight excluding hydrogens is 266 g/mol. The van der Waals surface area contributed by atoms with Crippen molar-refractivity contribution in [2.45, 2.75) is 0 Å². The second-order valence-corrected chi connectivity index (χ2v) is 4.09. The maximum absolute atomic E-state index is 8.94. The summed E-state index contributed by atoms with van der Waals surface area (Å²) in [5.74, 6) is 0. The van der Waals surface area contributed by atoms with Crippen LogP contribution in [0.15, 0.2) is 47.2 Å². The summed E-state index contributed by atoms with van der Waals surface area (Å²) >= 11 is 3.34. The van der Waals surface area contributed by atoms with Gasteiger partial charge in [-0.1, -0.05) is 12.1 Å². The van der Waals surface area contributed by atoms with Gasteiger partial charge in [-0.2, -0.15) is 5.26 Å². The molecule has 0 aliphatic rings. The Morgan fingerprint density at radius 2 is 2.06 bits per heavy atom. The lowest BCUT2D eigenvalue weighted by Gasteiger charge is -2.07. The maximum atomic E-state index is 8.94. The lowest BCUT2D eigenvalue weighted by molar-refractivity contribution is 1.30. The number of para-hydroxylation sites is 1. The molecule has 0 atom stereocenters. The van der Waals surface area contributed by atoms with E-state index in [2.05, 4.69) is 32.3 Å². The third kappa shape index (κ3) is 2.38. The molecule has 16 heavy (non-hydrogen) atoms. The highest BCUT2D eigenvalue weighted by Gasteiger charge is 2.01. The molecular formula is C12H8BrN3. The van der Waals surface area contributed by atoms with Crippen molar-refractivity contribution < 1.29 is 0 Å². The fraction of sp³-hybridized carbons (Fsp3) is 0. The first kappa shape index (κ1) is 10.7. The van der Waals surface area contributed by atoms with Crippen LogP contribution in [0.1, 0.15) is 5.56 Å². The molecule has 0 spiro atoms. The van der Waals surface area contributed by atoms with Crippen LogP contribution in [0.5, 0.6) is 0 Å². The normalized spacial score (nSPS) is 9.50. The summed E-state index contributed by atoms with van der Waals surface area (Å²) in [4.78, 5) is 4.04. The minimum Gasteiger partial charge on any atom is -0.353 e. The summed E-state index contributed by atoms with van der Waals surface area (Å²) in [7, 11) is 0. The molecule has 1 N–H and O–H groups in total. The van der Waals surface area contributed by atoms with Gasteiger partial charge >= 0.3 is 0 Å². The minimum atomic E-state index is 0.613. The van der Waals surface area contributed by atoms with E-state index in [-0.39, 0.29) is 0 Å². The number of nitrogens with zero attached hydrogens (tertiary/aromatic N) is 2. The topological polar surface area (TPSA) is 48.7 Å². The van der Waals surface area contributed by atoms with Gasteiger partial charge in [0.15, 0.2) is 0 Å². The molecule has 0 aliphatic carbocycles. The highest BCUT2D eigenvalue weighted by Crippen LogP contribution is 2.21. The third-order valence-corrected chi connectivity index (χ3v) is 2.47. The van der Waals surface area contributed by atoms with Crippen molar-refractivity contribution in [2.24, 2.45) is 0 Å². The largest absolute Gasteiger partial charge is 0.353 e. The van der Waals surface area contributed by atoms with E-state index in [1.807, 2.05) is 24.3 Å². The number of pyridine rings is 1. The summed E-state index contributed by atoms with van der Waals surface area (Å²) in [6.45, 7) is 0. The Hall–Kier alpha value is -1.86. The molecule has 1 heterocycles. The first-order chi connectivity index (χ1) is 7.79. The van der Waals surface area contributed by atoms with E-state index in [9.17, 15) is 0 Å². The standard InChI is InChI=1S/C12H8BrN3/c13-10-5-11(8-15-7-10)16-12-4-2-1-3-9(12)6-14/h1-5,7-8,16H. The molecule has 0 saturated carbocycles. The number of nitrogens with one attached hydrogen (secondary N) is 1. The van der Waals surface area contributed by atoms with Crippen molar-refractivity contribution in [1.29, 1.82) is 5.26 Å². The van der Waals surface area contributed by atoms with Crippen molar-refractivity contribution in [3.05, 3.63) is 52.8 Å². The predicted molar refractivity (Wildman–Crippen MR) is 66.4 cm³/mol. The van der Waals surface area contributed by atoms with Crippen LogP contribution in [0, 0.1) is 11.3 Å². The molecule has 3 nitrogen and oxygen atoms in total. The van der Waals surface area contributed by atoms with Gasteiger partial charge in [0.1, 0.15) is 6.07 Å². The lowest BCUT2D eigenvalue weighted by atomic mass is 10.2. The average Bonchev–Trinajstić information content (AvgIpc) is 2.30. The Morgan fingerprint density at radius 1 is 1.25 bits per heavy atom. The van der Waals surface area contributed by atoms with Crippen LogP contribution in [-0.2, 0) is 0 Å². The molecule has 0 amide bonds. The minimum absolute atomic E-state index is 0.613. The number of rotatable bonds is 2. The predicted octanol–water partition coefficient (Wildman–Crippen LogP) is 3.46. The quantitative estimate of drug-likeness (QED) is 0.912. The molecule has 2 aromatic rings. The number of nitriles is 1. The fourth-order valence-corrected chi connectivity index (χ4v) is 1.69. The van der Waals surface area contributed by atoms with Crippen LogP contribution >= 0.6 is 15.9 Å². The Labute approximate surface area is 102 Å². The zero-order chi connectivity index (χ0) is 11.4. The zero-order valence-electron chi connectivity index (χ0n) is 8.31. The molecule has 2 rings (SSSR count). The summed E-state index contributed by atoms with van der Waals surface area (Å²) in [5, 5.41) is 12.1. The van der Waals surface area contributed by atoms with E-state index >= 15 is 0 Å². The Kier molecular flexibility index (Phi) is 3.18. The second kappa shape index (κ2) is 4.77. The first-order valence-electron chi connectivity index (χ1n) is 4.66. The van der Waals surface area contributed by atoms with Gasteiger partial charge in [0, 0.05) is 10.7 Å². The van der Waals surface area contributed by atoms with Crippen LogP contribution in [0.2, 0.25) is 0 Å². The van der Waals surface area contributed by atoms with Crippen LogP contribution in [0.4, 0.5) is 11.4 Å². The molecule has 0 radical (unpaired) electrons. The van der Waals surface area contributed by atoms with E-state index in [1.165, 1.54) is 0 Å². The number of benzene rings is 1. The molecule has 0 fully saturated rings. The van der Waals surface area contributed by atoms with Gasteiger partial charge in [-0.25, -0.2) is 0 Å². The maximum Gasteiger partial charge on any atom is 0.101 e. The molecule has 78 valence electrons. The highest BCUT2D eigenvalue weighted by atomic mass is 79.9. The van der Waals surface area contributed by atoms with E-state index in [0.717, 1.165) is 15.8 Å². The fourth-order valence-electron chi connectivity index (χ4n) is 1.33. The van der Waals surface area contributed by atoms with Crippen LogP contribution < -0.4 is 5.32 Å². The number of aromatic nitrogens is 1. The van der Waals surface area contributed by atoms with Crippen molar-refractivity contribution in [2.75, 3.05) is 5.32 Å². The van der Waals surface area contributed by atoms with Gasteiger partial charge in [0.2, 0.25) is 0 Å². The van der Waals surface area contributed by atoms with Crippen LogP contribution in [0.3, 0.4) is 0 Å². The van der Waals surface area contributed by atoms with Crippen molar-refractivity contribution in [3.8, 4) is 6.07 Å². The van der Waals surface area contributed by atoms with E-state index in [4.69, 9.17) is 5.26 Å². The SMILES string of the molecule is N#Cc1ccccc1Nc1cncc(Br)c1. The summed E-state index contributed by atoms with van der Waals surface area (Å²) in [6, 6.07) is 11.4. The smallest absolute Gasteiger partial charge is 0.101 e. The summed E-state index contributed by atoms with van der Waals surface area (Å²) in [6.07, 6.45) is 3.42. The van der Waals surface area contributed by atoms with Gasteiger partial charge in [-0.05, 0) is 34.1 Å². The van der Waals surface area contributed by atoms with Crippen LogP contribution in [-0.4, -0.2) is 4.98 Å². The van der Waals surface area contributed by atoms with E-state index in [1.54, 1.807) is 18.5 Å². The van der Waals surface area contributed by atoms with Crippen LogP contribution in [0.25, 0.3) is 0 Å². The second-order valence-electron chi connectivity index (χ2n) is 3.17. The number of hydrogen-bond acceptors (Lipinski definition) is 3. The number of halogens is 1. The van der Waals surface area contributed by atoms with Gasteiger partial charge in [-0.3, -0.25) is 4.98 Å². The molecule has 0 aliphatic heterocycles. The molecule has 0 saturated heterocycles. The van der Waals surface area contributed by atoms with Crippen molar-refractivity contribution in [1.82, 2.24) is 4.98 Å². The number of hydrogen-bond donors (Lipinski definition) is 1. The molecule has 1 aromatic carbocycles. The van der Waals surface area contributed by atoms with Crippen molar-refractivity contribution in [3.63, 3.8) is 0 Å². The summed E-state index contributed by atoms with van der Waals surface area (Å²) < 4.78 is 0.895. The third-order valence-electron chi connectivity index (χ3n) is 2.03. The van der Waals surface area contributed by atoms with Gasteiger partial charge in [0.25, 0.3) is 0 Å². The monoisotopic (exact) mass is 273 g/mol. The molecule has 0 bridgehead atoms. The highest BCUT2D eigenvalue weighted by molar-refractivity contribution is 9.10. The average molecular weight is 274 g/mol.